The van der Waals surface area contributed by atoms with Crippen molar-refractivity contribution in [2.45, 2.75) is 6.42 Å². The van der Waals surface area contributed by atoms with Crippen molar-refractivity contribution in [2.24, 2.45) is 11.7 Å². The zero-order chi connectivity index (χ0) is 12.6. The highest BCUT2D eigenvalue weighted by molar-refractivity contribution is 6.31. The van der Waals surface area contributed by atoms with E-state index in [0.717, 1.165) is 6.07 Å². The molecule has 2 N–H and O–H groups in total. The summed E-state index contributed by atoms with van der Waals surface area (Å²) < 4.78 is 26.7. The van der Waals surface area contributed by atoms with E-state index in [4.69, 9.17) is 17.3 Å². The lowest BCUT2D eigenvalue weighted by Crippen LogP contribution is -2.26. The first kappa shape index (κ1) is 12.3. The van der Waals surface area contributed by atoms with Gasteiger partial charge in [-0.1, -0.05) is 11.6 Å². The van der Waals surface area contributed by atoms with E-state index in [0.29, 0.717) is 13.1 Å². The van der Waals surface area contributed by atoms with Crippen molar-refractivity contribution in [1.29, 1.82) is 0 Å². The molecule has 17 heavy (non-hydrogen) atoms. The largest absolute Gasteiger partial charge is 0.330 e. The van der Waals surface area contributed by atoms with Crippen molar-refractivity contribution < 1.29 is 13.6 Å². The number of hydrogen-bond donors (Lipinski definition) is 1. The lowest BCUT2D eigenvalue weighted by Gasteiger charge is -2.17. The van der Waals surface area contributed by atoms with Gasteiger partial charge in [0, 0.05) is 13.0 Å². The number of halogens is 3. The second-order valence-corrected chi connectivity index (χ2v) is 4.38. The van der Waals surface area contributed by atoms with Gasteiger partial charge in [-0.25, -0.2) is 8.78 Å². The highest BCUT2D eigenvalue weighted by Gasteiger charge is 2.32. The molecule has 6 heteroatoms. The van der Waals surface area contributed by atoms with Gasteiger partial charge in [0.1, 0.15) is 10.8 Å². The number of amides is 1. The van der Waals surface area contributed by atoms with Crippen LogP contribution >= 0.6 is 11.6 Å². The fourth-order valence-corrected chi connectivity index (χ4v) is 2.06. The zero-order valence-electron chi connectivity index (χ0n) is 8.92. The molecule has 0 spiro atoms. The highest BCUT2D eigenvalue weighted by atomic mass is 35.5. The van der Waals surface area contributed by atoms with Gasteiger partial charge in [0.05, 0.1) is 5.69 Å². The summed E-state index contributed by atoms with van der Waals surface area (Å²) in [5.41, 5.74) is 5.48. The van der Waals surface area contributed by atoms with Crippen LogP contribution in [-0.4, -0.2) is 19.0 Å². The molecule has 1 heterocycles. The van der Waals surface area contributed by atoms with Gasteiger partial charge in [-0.05, 0) is 24.6 Å². The number of carbonyl (C=O) groups is 1. The fourth-order valence-electron chi connectivity index (χ4n) is 1.90. The Bertz CT molecular complexity index is 467. The molecule has 1 saturated heterocycles. The third-order valence-electron chi connectivity index (χ3n) is 2.84. The molecule has 3 nitrogen and oxygen atoms in total. The number of hydrogen-bond acceptors (Lipinski definition) is 2. The van der Waals surface area contributed by atoms with Crippen LogP contribution in [0.5, 0.6) is 0 Å². The maximum atomic E-state index is 13.7. The first-order chi connectivity index (χ1) is 8.04. The Kier molecular flexibility index (Phi) is 3.31. The Morgan fingerprint density at radius 1 is 1.47 bits per heavy atom. The van der Waals surface area contributed by atoms with E-state index >= 15 is 0 Å². The molecule has 1 aliphatic heterocycles. The molecule has 1 atom stereocenters. The number of nitrogens with two attached hydrogens (primary N) is 1. The quantitative estimate of drug-likeness (QED) is 0.826. The number of benzene rings is 1. The van der Waals surface area contributed by atoms with Gasteiger partial charge in [-0.3, -0.25) is 4.79 Å². The van der Waals surface area contributed by atoms with Crippen LogP contribution in [0.2, 0.25) is 5.02 Å². The minimum atomic E-state index is -0.905. The van der Waals surface area contributed by atoms with E-state index in [1.54, 1.807) is 0 Å². The van der Waals surface area contributed by atoms with Gasteiger partial charge in [0.15, 0.2) is 5.82 Å². The van der Waals surface area contributed by atoms with Gasteiger partial charge < -0.3 is 10.6 Å². The molecule has 0 aliphatic carbocycles. The Morgan fingerprint density at radius 2 is 2.18 bits per heavy atom. The summed E-state index contributed by atoms with van der Waals surface area (Å²) in [5.74, 6) is -1.96. The first-order valence-electron chi connectivity index (χ1n) is 5.18. The van der Waals surface area contributed by atoms with E-state index in [1.165, 1.54) is 11.0 Å². The van der Waals surface area contributed by atoms with Crippen molar-refractivity contribution in [3.05, 3.63) is 28.8 Å². The molecule has 1 amide bonds. The number of carbonyl (C=O) groups excluding carboxylic acids is 1. The van der Waals surface area contributed by atoms with Crippen molar-refractivity contribution in [2.75, 3.05) is 18.0 Å². The summed E-state index contributed by atoms with van der Waals surface area (Å²) in [7, 11) is 0. The normalized spacial score (nSPS) is 20.1. The Hall–Kier alpha value is -1.20. The molecule has 0 radical (unpaired) electrons. The molecule has 0 bridgehead atoms. The molecule has 1 aliphatic rings. The molecule has 0 aromatic heterocycles. The maximum Gasteiger partial charge on any atom is 0.227 e. The smallest absolute Gasteiger partial charge is 0.227 e. The minimum Gasteiger partial charge on any atom is -0.330 e. The van der Waals surface area contributed by atoms with Crippen LogP contribution in [0, 0.1) is 17.6 Å². The molecule has 1 aromatic carbocycles. The maximum absolute atomic E-state index is 13.7. The van der Waals surface area contributed by atoms with Gasteiger partial charge >= 0.3 is 0 Å². The van der Waals surface area contributed by atoms with Crippen LogP contribution in [0.1, 0.15) is 6.42 Å². The molecule has 0 saturated carbocycles. The fraction of sp³-hybridized carbons (Fsp3) is 0.364. The summed E-state index contributed by atoms with van der Waals surface area (Å²) >= 11 is 5.47. The van der Waals surface area contributed by atoms with Crippen molar-refractivity contribution in [3.63, 3.8) is 0 Å². The Balaban J connectivity index is 2.35. The second-order valence-electron chi connectivity index (χ2n) is 4.00. The standard InChI is InChI=1S/C11H11ClF2N2O/c12-10-7(13)1-2-8(11(10)14)16-5-6(4-15)3-9(16)17/h1-2,6H,3-5,15H2. The van der Waals surface area contributed by atoms with Crippen LogP contribution in [0.3, 0.4) is 0 Å². The lowest BCUT2D eigenvalue weighted by molar-refractivity contribution is -0.117. The topological polar surface area (TPSA) is 46.3 Å². The first-order valence-corrected chi connectivity index (χ1v) is 5.56. The summed E-state index contributed by atoms with van der Waals surface area (Å²) in [6.45, 7) is 0.701. The number of nitrogens with zero attached hydrogens (tertiary/aromatic N) is 1. The molecule has 2 rings (SSSR count). The van der Waals surface area contributed by atoms with Crippen molar-refractivity contribution >= 4 is 23.2 Å². The average Bonchev–Trinajstić information content (AvgIpc) is 2.68. The predicted octanol–water partition coefficient (Wildman–Crippen LogP) is 1.93. The summed E-state index contributed by atoms with van der Waals surface area (Å²) in [6.07, 6.45) is 0.283. The van der Waals surface area contributed by atoms with Crippen LogP contribution in [-0.2, 0) is 4.79 Å². The third kappa shape index (κ3) is 2.12. The molecule has 92 valence electrons. The molecular formula is C11H11ClF2N2O. The van der Waals surface area contributed by atoms with Crippen molar-refractivity contribution in [1.82, 2.24) is 0 Å². The van der Waals surface area contributed by atoms with E-state index in [2.05, 4.69) is 0 Å². The SMILES string of the molecule is NCC1CC(=O)N(c2ccc(F)c(Cl)c2F)C1. The third-order valence-corrected chi connectivity index (χ3v) is 3.19. The van der Waals surface area contributed by atoms with Crippen LogP contribution < -0.4 is 10.6 Å². The second kappa shape index (κ2) is 4.58. The van der Waals surface area contributed by atoms with Crippen LogP contribution in [0.25, 0.3) is 0 Å². The van der Waals surface area contributed by atoms with Gasteiger partial charge in [0.2, 0.25) is 5.91 Å². The molecule has 1 unspecified atom stereocenters. The van der Waals surface area contributed by atoms with E-state index in [1.807, 2.05) is 0 Å². The van der Waals surface area contributed by atoms with Gasteiger partial charge in [-0.15, -0.1) is 0 Å². The Morgan fingerprint density at radius 3 is 2.76 bits per heavy atom. The predicted molar refractivity (Wildman–Crippen MR) is 60.9 cm³/mol. The number of rotatable bonds is 2. The average molecular weight is 261 g/mol. The minimum absolute atomic E-state index is 0.00530. The highest BCUT2D eigenvalue weighted by Crippen LogP contribution is 2.31. The molecular weight excluding hydrogens is 250 g/mol. The van der Waals surface area contributed by atoms with E-state index in [9.17, 15) is 13.6 Å². The van der Waals surface area contributed by atoms with Gasteiger partial charge in [0.25, 0.3) is 0 Å². The van der Waals surface area contributed by atoms with Crippen LogP contribution in [0.4, 0.5) is 14.5 Å². The van der Waals surface area contributed by atoms with Crippen LogP contribution in [0.15, 0.2) is 12.1 Å². The molecule has 1 fully saturated rings. The van der Waals surface area contributed by atoms with E-state index in [-0.39, 0.29) is 23.9 Å². The van der Waals surface area contributed by atoms with Gasteiger partial charge in [-0.2, -0.15) is 0 Å². The zero-order valence-corrected chi connectivity index (χ0v) is 9.68. The lowest BCUT2D eigenvalue weighted by atomic mass is 10.1. The van der Waals surface area contributed by atoms with E-state index < -0.39 is 16.7 Å². The summed E-state index contributed by atoms with van der Waals surface area (Å²) in [6, 6.07) is 2.26. The Labute approximate surface area is 102 Å². The van der Waals surface area contributed by atoms with Crippen molar-refractivity contribution in [3.8, 4) is 0 Å². The summed E-state index contributed by atoms with van der Waals surface area (Å²) in [4.78, 5) is 12.9. The summed E-state index contributed by atoms with van der Waals surface area (Å²) in [5, 5.41) is -0.591. The number of anilines is 1. The monoisotopic (exact) mass is 260 g/mol. The molecule has 1 aromatic rings.